The molecule has 1 saturated heterocycles. The van der Waals surface area contributed by atoms with Crippen LogP contribution in [-0.4, -0.2) is 23.0 Å². The van der Waals surface area contributed by atoms with E-state index in [4.69, 9.17) is 11.6 Å². The first-order chi connectivity index (χ1) is 9.85. The Labute approximate surface area is 129 Å². The summed E-state index contributed by atoms with van der Waals surface area (Å²) in [6, 6.07) is 8.76. The number of nitrogens with zero attached hydrogens (tertiary/aromatic N) is 2. The number of alkyl halides is 1. The van der Waals surface area contributed by atoms with Gasteiger partial charge in [-0.1, -0.05) is 24.6 Å². The molecule has 20 heavy (non-hydrogen) atoms. The van der Waals surface area contributed by atoms with E-state index in [-0.39, 0.29) is 0 Å². The van der Waals surface area contributed by atoms with Crippen LogP contribution in [0.3, 0.4) is 0 Å². The van der Waals surface area contributed by atoms with Gasteiger partial charge in [0.05, 0.1) is 11.6 Å². The van der Waals surface area contributed by atoms with Crippen LogP contribution in [0.15, 0.2) is 29.6 Å². The van der Waals surface area contributed by atoms with Crippen LogP contribution in [0.5, 0.6) is 0 Å². The third-order valence-corrected chi connectivity index (χ3v) is 4.93. The molecule has 0 spiro atoms. The van der Waals surface area contributed by atoms with Gasteiger partial charge in [-0.25, -0.2) is 4.98 Å². The van der Waals surface area contributed by atoms with Crippen LogP contribution in [0.1, 0.15) is 30.5 Å². The van der Waals surface area contributed by atoms with E-state index in [0.717, 1.165) is 17.2 Å². The molecule has 3 rings (SSSR count). The second kappa shape index (κ2) is 6.70. The zero-order valence-electron chi connectivity index (χ0n) is 11.5. The highest BCUT2D eigenvalue weighted by Gasteiger charge is 2.11. The topological polar surface area (TPSA) is 16.1 Å². The summed E-state index contributed by atoms with van der Waals surface area (Å²) in [7, 11) is 0. The first-order valence-corrected chi connectivity index (χ1v) is 8.58. The molecule has 0 amide bonds. The van der Waals surface area contributed by atoms with Gasteiger partial charge < -0.3 is 0 Å². The highest BCUT2D eigenvalue weighted by Crippen LogP contribution is 2.25. The summed E-state index contributed by atoms with van der Waals surface area (Å²) in [5.74, 6) is 0.490. The van der Waals surface area contributed by atoms with Crippen molar-refractivity contribution in [3.8, 4) is 10.6 Å². The first-order valence-electron chi connectivity index (χ1n) is 7.17. The van der Waals surface area contributed by atoms with Crippen LogP contribution < -0.4 is 0 Å². The Hall–Kier alpha value is -0.900. The number of thiazole rings is 1. The van der Waals surface area contributed by atoms with E-state index in [0.29, 0.717) is 5.88 Å². The molecular formula is C16H19ClN2S. The van der Waals surface area contributed by atoms with Crippen molar-refractivity contribution >= 4 is 22.9 Å². The van der Waals surface area contributed by atoms with Gasteiger partial charge in [-0.15, -0.1) is 22.9 Å². The van der Waals surface area contributed by atoms with Crippen LogP contribution >= 0.6 is 22.9 Å². The summed E-state index contributed by atoms with van der Waals surface area (Å²) >= 11 is 7.50. The van der Waals surface area contributed by atoms with Gasteiger partial charge in [0.2, 0.25) is 0 Å². The molecule has 1 aromatic carbocycles. The van der Waals surface area contributed by atoms with Gasteiger partial charge in [-0.2, -0.15) is 0 Å². The maximum Gasteiger partial charge on any atom is 0.123 e. The third kappa shape index (κ3) is 3.40. The molecule has 2 nitrogen and oxygen atoms in total. The lowest BCUT2D eigenvalue weighted by atomic mass is 10.1. The van der Waals surface area contributed by atoms with Crippen molar-refractivity contribution in [1.29, 1.82) is 0 Å². The number of benzene rings is 1. The van der Waals surface area contributed by atoms with Crippen LogP contribution in [0.2, 0.25) is 0 Å². The molecule has 0 N–H and O–H groups in total. The Morgan fingerprint density at radius 2 is 2.05 bits per heavy atom. The highest BCUT2D eigenvalue weighted by atomic mass is 35.5. The Balaban J connectivity index is 1.74. The highest BCUT2D eigenvalue weighted by molar-refractivity contribution is 7.13. The normalized spacial score (nSPS) is 16.4. The van der Waals surface area contributed by atoms with Crippen molar-refractivity contribution < 1.29 is 0 Å². The molecule has 106 valence electrons. The Bertz CT molecular complexity index is 561. The summed E-state index contributed by atoms with van der Waals surface area (Å²) in [4.78, 5) is 7.11. The standard InChI is InChI=1S/C16H19ClN2S/c17-10-15-12-20-16(18-15)14-6-4-5-13(9-14)11-19-7-2-1-3-8-19/h4-6,9,12H,1-3,7-8,10-11H2. The van der Waals surface area contributed by atoms with Crippen molar-refractivity contribution in [3.63, 3.8) is 0 Å². The van der Waals surface area contributed by atoms with Crippen molar-refractivity contribution in [2.75, 3.05) is 13.1 Å². The fourth-order valence-electron chi connectivity index (χ4n) is 2.68. The molecule has 0 radical (unpaired) electrons. The lowest BCUT2D eigenvalue weighted by Gasteiger charge is -2.26. The van der Waals surface area contributed by atoms with E-state index in [1.165, 1.54) is 43.5 Å². The van der Waals surface area contributed by atoms with Crippen molar-refractivity contribution in [2.24, 2.45) is 0 Å². The monoisotopic (exact) mass is 306 g/mol. The number of aromatic nitrogens is 1. The fourth-order valence-corrected chi connectivity index (χ4v) is 3.72. The quantitative estimate of drug-likeness (QED) is 0.771. The molecule has 1 aromatic heterocycles. The maximum absolute atomic E-state index is 5.83. The molecular weight excluding hydrogens is 288 g/mol. The van der Waals surface area contributed by atoms with E-state index in [1.807, 2.05) is 5.38 Å². The van der Waals surface area contributed by atoms with Gasteiger partial charge >= 0.3 is 0 Å². The second-order valence-electron chi connectivity index (χ2n) is 5.31. The van der Waals surface area contributed by atoms with Crippen molar-refractivity contribution in [3.05, 3.63) is 40.9 Å². The predicted molar refractivity (Wildman–Crippen MR) is 86.2 cm³/mol. The van der Waals surface area contributed by atoms with E-state index >= 15 is 0 Å². The number of piperidine rings is 1. The Morgan fingerprint density at radius 3 is 2.80 bits per heavy atom. The minimum absolute atomic E-state index is 0.490. The van der Waals surface area contributed by atoms with Gasteiger partial charge in [0.1, 0.15) is 5.01 Å². The molecule has 0 saturated carbocycles. The fraction of sp³-hybridized carbons (Fsp3) is 0.438. The largest absolute Gasteiger partial charge is 0.299 e. The van der Waals surface area contributed by atoms with Gasteiger partial charge in [0.15, 0.2) is 0 Å². The summed E-state index contributed by atoms with van der Waals surface area (Å²) in [5.41, 5.74) is 3.56. The first kappa shape index (κ1) is 14.1. The van der Waals surface area contributed by atoms with Gasteiger partial charge in [-0.05, 0) is 37.6 Å². The SMILES string of the molecule is ClCc1csc(-c2cccc(CN3CCCCC3)c2)n1. The molecule has 0 aliphatic carbocycles. The number of halogens is 1. The zero-order valence-corrected chi connectivity index (χ0v) is 13.1. The lowest BCUT2D eigenvalue weighted by molar-refractivity contribution is 0.221. The van der Waals surface area contributed by atoms with Crippen molar-refractivity contribution in [1.82, 2.24) is 9.88 Å². The van der Waals surface area contributed by atoms with Crippen LogP contribution in [0.4, 0.5) is 0 Å². The second-order valence-corrected chi connectivity index (χ2v) is 6.44. The molecule has 1 aliphatic heterocycles. The Morgan fingerprint density at radius 1 is 1.20 bits per heavy atom. The molecule has 1 aliphatic rings. The Kier molecular flexibility index (Phi) is 4.71. The lowest BCUT2D eigenvalue weighted by Crippen LogP contribution is -2.29. The molecule has 0 unspecified atom stereocenters. The van der Waals surface area contributed by atoms with Crippen LogP contribution in [0.25, 0.3) is 10.6 Å². The van der Waals surface area contributed by atoms with Crippen LogP contribution in [0, 0.1) is 0 Å². The summed E-state index contributed by atoms with van der Waals surface area (Å²) in [6.45, 7) is 3.53. The smallest absolute Gasteiger partial charge is 0.123 e. The number of likely N-dealkylation sites (tertiary alicyclic amines) is 1. The summed E-state index contributed by atoms with van der Waals surface area (Å²) < 4.78 is 0. The van der Waals surface area contributed by atoms with Crippen molar-refractivity contribution in [2.45, 2.75) is 31.7 Å². The van der Waals surface area contributed by atoms with Crippen LogP contribution in [-0.2, 0) is 12.4 Å². The predicted octanol–water partition coefficient (Wildman–Crippen LogP) is 4.53. The molecule has 0 atom stereocenters. The molecule has 2 aromatic rings. The average molecular weight is 307 g/mol. The van der Waals surface area contributed by atoms with E-state index in [1.54, 1.807) is 11.3 Å². The third-order valence-electron chi connectivity index (χ3n) is 3.72. The minimum atomic E-state index is 0.490. The molecule has 2 heterocycles. The van der Waals surface area contributed by atoms with Gasteiger partial charge in [0.25, 0.3) is 0 Å². The van der Waals surface area contributed by atoms with Gasteiger partial charge in [-0.3, -0.25) is 4.90 Å². The molecule has 0 bridgehead atoms. The maximum atomic E-state index is 5.83. The van der Waals surface area contributed by atoms with E-state index in [2.05, 4.69) is 34.1 Å². The molecule has 4 heteroatoms. The minimum Gasteiger partial charge on any atom is -0.299 e. The summed E-state index contributed by atoms with van der Waals surface area (Å²) in [5, 5.41) is 3.11. The average Bonchev–Trinajstić information content (AvgIpc) is 2.98. The number of hydrogen-bond donors (Lipinski definition) is 0. The zero-order chi connectivity index (χ0) is 13.8. The summed E-state index contributed by atoms with van der Waals surface area (Å²) in [6.07, 6.45) is 4.06. The number of rotatable bonds is 4. The van der Waals surface area contributed by atoms with E-state index < -0.39 is 0 Å². The van der Waals surface area contributed by atoms with E-state index in [9.17, 15) is 0 Å². The van der Waals surface area contributed by atoms with Gasteiger partial charge in [0, 0.05) is 17.5 Å². The molecule has 1 fully saturated rings. The number of hydrogen-bond acceptors (Lipinski definition) is 3.